The predicted octanol–water partition coefficient (Wildman–Crippen LogP) is 3.01. The first kappa shape index (κ1) is 18.7. The van der Waals surface area contributed by atoms with Crippen LogP contribution >= 0.6 is 0 Å². The van der Waals surface area contributed by atoms with Crippen LogP contribution in [0, 0.1) is 11.3 Å². The van der Waals surface area contributed by atoms with E-state index in [0.29, 0.717) is 24.0 Å². The Kier molecular flexibility index (Phi) is 5.13. The van der Waals surface area contributed by atoms with Crippen molar-refractivity contribution in [1.29, 1.82) is 0 Å². The van der Waals surface area contributed by atoms with Crippen molar-refractivity contribution in [2.45, 2.75) is 44.7 Å². The van der Waals surface area contributed by atoms with E-state index in [4.69, 9.17) is 0 Å². The minimum absolute atomic E-state index is 0.219. The first-order valence-corrected chi connectivity index (χ1v) is 10.4. The highest BCUT2D eigenvalue weighted by Gasteiger charge is 2.54. The molecule has 1 aromatic carbocycles. The van der Waals surface area contributed by atoms with Crippen molar-refractivity contribution in [3.8, 4) is 0 Å². The lowest BCUT2D eigenvalue weighted by Gasteiger charge is -2.59. The van der Waals surface area contributed by atoms with E-state index in [-0.39, 0.29) is 5.91 Å². The molecule has 0 radical (unpaired) electrons. The van der Waals surface area contributed by atoms with Crippen LogP contribution in [0.3, 0.4) is 0 Å². The quantitative estimate of drug-likeness (QED) is 0.805. The minimum Gasteiger partial charge on any atom is -0.348 e. The molecule has 1 N–H and O–H groups in total. The highest BCUT2D eigenvalue weighted by atomic mass is 16.2. The van der Waals surface area contributed by atoms with Gasteiger partial charge in [-0.2, -0.15) is 0 Å². The molecule has 0 bridgehead atoms. The van der Waals surface area contributed by atoms with E-state index >= 15 is 0 Å². The second-order valence-corrected chi connectivity index (χ2v) is 9.14. The summed E-state index contributed by atoms with van der Waals surface area (Å²) >= 11 is 0. The van der Waals surface area contributed by atoms with Crippen molar-refractivity contribution in [2.75, 3.05) is 33.7 Å². The van der Waals surface area contributed by atoms with Gasteiger partial charge >= 0.3 is 0 Å². The minimum atomic E-state index is 0.219. The van der Waals surface area contributed by atoms with Crippen molar-refractivity contribution in [3.63, 3.8) is 0 Å². The van der Waals surface area contributed by atoms with E-state index in [1.165, 1.54) is 24.8 Å². The van der Waals surface area contributed by atoms with Gasteiger partial charge in [-0.1, -0.05) is 48.9 Å². The molecule has 0 aromatic heterocycles. The van der Waals surface area contributed by atoms with Crippen LogP contribution in [0.25, 0.3) is 6.08 Å². The van der Waals surface area contributed by atoms with Gasteiger partial charge in [-0.3, -0.25) is 9.69 Å². The molecule has 4 nitrogen and oxygen atoms in total. The molecule has 1 aliphatic heterocycles. The molecule has 4 heteroatoms. The first-order chi connectivity index (χ1) is 13.0. The number of carbonyl (C=O) groups excluding carboxylic acids is 1. The maximum atomic E-state index is 11.8. The third-order valence-corrected chi connectivity index (χ3v) is 6.61. The molecular weight excluding hydrogens is 334 g/mol. The Morgan fingerprint density at radius 3 is 2.59 bits per heavy atom. The van der Waals surface area contributed by atoms with E-state index in [1.54, 1.807) is 10.5 Å². The van der Waals surface area contributed by atoms with Crippen molar-refractivity contribution in [1.82, 2.24) is 15.1 Å². The third kappa shape index (κ3) is 4.12. The Bertz CT molecular complexity index is 698. The normalized spacial score (nSPS) is 27.1. The molecular formula is C23H33N3O. The molecule has 3 aliphatic rings. The van der Waals surface area contributed by atoms with Crippen LogP contribution in [-0.2, 0) is 4.79 Å². The van der Waals surface area contributed by atoms with Crippen LogP contribution in [0.5, 0.6) is 0 Å². The Labute approximate surface area is 163 Å². The average Bonchev–Trinajstić information content (AvgIpc) is 3.35. The van der Waals surface area contributed by atoms with Gasteiger partial charge in [0.05, 0.1) is 6.54 Å². The Morgan fingerprint density at radius 1 is 1.26 bits per heavy atom. The van der Waals surface area contributed by atoms with Crippen LogP contribution in [0.1, 0.15) is 38.2 Å². The van der Waals surface area contributed by atoms with Crippen LogP contribution in [0.15, 0.2) is 35.9 Å². The van der Waals surface area contributed by atoms with E-state index in [9.17, 15) is 4.79 Å². The molecule has 146 valence electrons. The van der Waals surface area contributed by atoms with Crippen molar-refractivity contribution >= 4 is 12.0 Å². The van der Waals surface area contributed by atoms with Gasteiger partial charge in [0.25, 0.3) is 0 Å². The smallest absolute Gasteiger partial charge is 0.236 e. The van der Waals surface area contributed by atoms with Crippen LogP contribution in [0.4, 0.5) is 0 Å². The molecule has 2 aliphatic carbocycles. The first-order valence-electron chi connectivity index (χ1n) is 10.4. The van der Waals surface area contributed by atoms with Gasteiger partial charge in [0, 0.05) is 39.3 Å². The average molecular weight is 368 g/mol. The highest BCUT2D eigenvalue weighted by Crippen LogP contribution is 2.50. The van der Waals surface area contributed by atoms with Gasteiger partial charge in [0.2, 0.25) is 5.91 Å². The fourth-order valence-corrected chi connectivity index (χ4v) is 5.03. The molecule has 1 saturated heterocycles. The Balaban J connectivity index is 1.20. The third-order valence-electron chi connectivity index (χ3n) is 6.61. The largest absolute Gasteiger partial charge is 0.348 e. The van der Waals surface area contributed by atoms with E-state index in [1.807, 2.05) is 14.1 Å². The van der Waals surface area contributed by atoms with Gasteiger partial charge in [-0.25, -0.2) is 0 Å². The predicted molar refractivity (Wildman–Crippen MR) is 110 cm³/mol. The van der Waals surface area contributed by atoms with Crippen LogP contribution < -0.4 is 5.32 Å². The number of likely N-dealkylation sites (tertiary alicyclic amines) is 1. The molecule has 1 heterocycles. The van der Waals surface area contributed by atoms with Crippen molar-refractivity contribution in [2.24, 2.45) is 11.3 Å². The topological polar surface area (TPSA) is 35.6 Å². The number of carbonyl (C=O) groups is 1. The summed E-state index contributed by atoms with van der Waals surface area (Å²) in [5.74, 6) is 0.944. The molecule has 1 spiro atoms. The number of hydrogen-bond donors (Lipinski definition) is 1. The SMILES string of the molecule is CC/C(=C\c1ccccc1)[C@@H]1C[C@H]1NC1CC2(C1)CN(CC(=O)N(C)C)C2. The Morgan fingerprint density at radius 2 is 1.96 bits per heavy atom. The zero-order chi connectivity index (χ0) is 19.0. The number of rotatable bonds is 7. The van der Waals surface area contributed by atoms with Gasteiger partial charge in [0.1, 0.15) is 0 Å². The lowest BCUT2D eigenvalue weighted by atomic mass is 9.60. The van der Waals surface area contributed by atoms with E-state index in [0.717, 1.165) is 25.4 Å². The number of benzene rings is 1. The number of hydrogen-bond acceptors (Lipinski definition) is 3. The summed E-state index contributed by atoms with van der Waals surface area (Å²) in [6.07, 6.45) is 7.39. The molecule has 1 amide bonds. The van der Waals surface area contributed by atoms with Crippen molar-refractivity contribution in [3.05, 3.63) is 41.5 Å². The molecule has 27 heavy (non-hydrogen) atoms. The maximum absolute atomic E-state index is 11.8. The second-order valence-electron chi connectivity index (χ2n) is 9.14. The molecule has 4 rings (SSSR count). The Hall–Kier alpha value is -1.65. The van der Waals surface area contributed by atoms with E-state index < -0.39 is 0 Å². The molecule has 3 fully saturated rings. The van der Waals surface area contributed by atoms with E-state index in [2.05, 4.69) is 53.5 Å². The monoisotopic (exact) mass is 367 g/mol. The fourth-order valence-electron chi connectivity index (χ4n) is 5.03. The number of likely N-dealkylation sites (N-methyl/N-ethyl adjacent to an activating group) is 1. The zero-order valence-corrected chi connectivity index (χ0v) is 16.9. The number of nitrogens with zero attached hydrogens (tertiary/aromatic N) is 2. The molecule has 2 saturated carbocycles. The number of amides is 1. The summed E-state index contributed by atoms with van der Waals surface area (Å²) in [5.41, 5.74) is 3.41. The standard InChI is InChI=1S/C23H33N3O/c1-4-18(10-17-8-6-5-7-9-17)20-11-21(20)24-19-12-23(13-19)15-26(16-23)14-22(27)25(2)3/h5-10,19-21,24H,4,11-16H2,1-3H3/b18-10+/t20-,21+/m0/s1. The summed E-state index contributed by atoms with van der Waals surface area (Å²) < 4.78 is 0. The van der Waals surface area contributed by atoms with Gasteiger partial charge in [-0.15, -0.1) is 0 Å². The van der Waals surface area contributed by atoms with Crippen LogP contribution in [0.2, 0.25) is 0 Å². The summed E-state index contributed by atoms with van der Waals surface area (Å²) in [4.78, 5) is 15.8. The molecule has 1 aromatic rings. The van der Waals surface area contributed by atoms with Crippen LogP contribution in [-0.4, -0.2) is 61.5 Å². The second kappa shape index (κ2) is 7.40. The lowest BCUT2D eigenvalue weighted by molar-refractivity contribution is -0.137. The van der Waals surface area contributed by atoms with Gasteiger partial charge in [0.15, 0.2) is 0 Å². The van der Waals surface area contributed by atoms with Gasteiger partial charge in [-0.05, 0) is 42.6 Å². The summed E-state index contributed by atoms with van der Waals surface area (Å²) in [5, 5.41) is 3.90. The lowest BCUT2D eigenvalue weighted by Crippen LogP contribution is -2.67. The van der Waals surface area contributed by atoms with Crippen molar-refractivity contribution < 1.29 is 4.79 Å². The molecule has 0 unspecified atom stereocenters. The summed E-state index contributed by atoms with van der Waals surface area (Å²) in [6, 6.07) is 12.1. The molecule has 2 atom stereocenters. The summed E-state index contributed by atoms with van der Waals surface area (Å²) in [6.45, 7) is 5.07. The maximum Gasteiger partial charge on any atom is 0.236 e. The van der Waals surface area contributed by atoms with Gasteiger partial charge < -0.3 is 10.2 Å². The fraction of sp³-hybridized carbons (Fsp3) is 0.609. The zero-order valence-electron chi connectivity index (χ0n) is 16.9. The number of nitrogens with one attached hydrogen (secondary N) is 1. The summed E-state index contributed by atoms with van der Waals surface area (Å²) in [7, 11) is 3.67. The highest BCUT2D eigenvalue weighted by molar-refractivity contribution is 5.77.